The first-order valence-corrected chi connectivity index (χ1v) is 10.8. The summed E-state index contributed by atoms with van der Waals surface area (Å²) in [4.78, 5) is 24.1. The van der Waals surface area contributed by atoms with Crippen LogP contribution >= 0.6 is 11.8 Å². The van der Waals surface area contributed by atoms with E-state index in [1.807, 2.05) is 42.7 Å². The number of hydrogen-bond acceptors (Lipinski definition) is 5. The number of carbonyl (C=O) groups excluding carboxylic acids is 2. The summed E-state index contributed by atoms with van der Waals surface area (Å²) < 4.78 is 1.99. The Morgan fingerprint density at radius 2 is 1.93 bits per heavy atom. The maximum Gasteiger partial charge on any atom is 0.321 e. The molecule has 1 saturated carbocycles. The second-order valence-corrected chi connectivity index (χ2v) is 7.95. The minimum atomic E-state index is -0.407. The van der Waals surface area contributed by atoms with Crippen molar-refractivity contribution in [2.24, 2.45) is 0 Å². The van der Waals surface area contributed by atoms with E-state index in [0.29, 0.717) is 11.7 Å². The van der Waals surface area contributed by atoms with Crippen LogP contribution in [0.5, 0.6) is 0 Å². The molecule has 3 amide bonds. The van der Waals surface area contributed by atoms with Gasteiger partial charge in [-0.3, -0.25) is 10.1 Å². The highest BCUT2D eigenvalue weighted by Gasteiger charge is 2.19. The molecule has 28 heavy (non-hydrogen) atoms. The second-order valence-electron chi connectivity index (χ2n) is 7.01. The van der Waals surface area contributed by atoms with Crippen LogP contribution in [0.1, 0.15) is 44.6 Å². The van der Waals surface area contributed by atoms with Crippen molar-refractivity contribution in [3.63, 3.8) is 0 Å². The van der Waals surface area contributed by atoms with E-state index in [4.69, 9.17) is 0 Å². The van der Waals surface area contributed by atoms with E-state index < -0.39 is 6.03 Å². The van der Waals surface area contributed by atoms with E-state index in [9.17, 15) is 9.59 Å². The number of hydrogen-bond donors (Lipinski definition) is 2. The maximum absolute atomic E-state index is 12.1. The summed E-state index contributed by atoms with van der Waals surface area (Å²) in [6.07, 6.45) is 5.45. The van der Waals surface area contributed by atoms with Crippen molar-refractivity contribution >= 4 is 23.7 Å². The number of imide groups is 1. The maximum atomic E-state index is 12.1. The Bertz CT molecular complexity index is 830. The highest BCUT2D eigenvalue weighted by atomic mass is 32.2. The zero-order valence-electron chi connectivity index (χ0n) is 16.4. The summed E-state index contributed by atoms with van der Waals surface area (Å²) in [5.74, 6) is 0.573. The van der Waals surface area contributed by atoms with Gasteiger partial charge in [0.2, 0.25) is 5.91 Å². The minimum absolute atomic E-state index is 0.115. The summed E-state index contributed by atoms with van der Waals surface area (Å²) in [6.45, 7) is 4.75. The predicted octanol–water partition coefficient (Wildman–Crippen LogP) is 3.52. The molecule has 1 aliphatic rings. The van der Waals surface area contributed by atoms with Gasteiger partial charge in [-0.1, -0.05) is 55.3 Å². The molecule has 0 saturated heterocycles. The quantitative estimate of drug-likeness (QED) is 0.723. The third kappa shape index (κ3) is 5.13. The molecule has 1 aromatic carbocycles. The Labute approximate surface area is 169 Å². The van der Waals surface area contributed by atoms with Crippen molar-refractivity contribution in [3.8, 4) is 11.4 Å². The molecule has 0 radical (unpaired) electrons. The first-order chi connectivity index (χ1) is 13.6. The Kier molecular flexibility index (Phi) is 7.08. The minimum Gasteiger partial charge on any atom is -0.335 e. The van der Waals surface area contributed by atoms with Gasteiger partial charge >= 0.3 is 6.03 Å². The number of thioether (sulfide) groups is 1. The van der Waals surface area contributed by atoms with E-state index in [-0.39, 0.29) is 17.7 Å². The molecular weight excluding hydrogens is 374 g/mol. The van der Waals surface area contributed by atoms with Crippen LogP contribution in [-0.2, 0) is 11.3 Å². The summed E-state index contributed by atoms with van der Waals surface area (Å²) in [7, 11) is 0. The summed E-state index contributed by atoms with van der Waals surface area (Å²) in [6, 6.07) is 7.79. The number of benzene rings is 1. The standard InChI is InChI=1S/C20H27N5O2S/c1-3-25-18(16-12-8-7-9-14(16)2)23-24-20(25)28-13-17(26)22-19(27)21-15-10-5-4-6-11-15/h7-9,12,15H,3-6,10-11,13H2,1-2H3,(H2,21,22,26,27). The zero-order chi connectivity index (χ0) is 19.9. The monoisotopic (exact) mass is 401 g/mol. The lowest BCUT2D eigenvalue weighted by molar-refractivity contribution is -0.117. The molecule has 150 valence electrons. The summed E-state index contributed by atoms with van der Waals surface area (Å²) in [5.41, 5.74) is 2.15. The number of nitrogens with zero attached hydrogens (tertiary/aromatic N) is 3. The van der Waals surface area contributed by atoms with Crippen molar-refractivity contribution < 1.29 is 9.59 Å². The van der Waals surface area contributed by atoms with Crippen LogP contribution in [0.3, 0.4) is 0 Å². The molecule has 3 rings (SSSR count). The molecular formula is C20H27N5O2S. The highest BCUT2D eigenvalue weighted by Crippen LogP contribution is 2.26. The van der Waals surface area contributed by atoms with Crippen molar-refractivity contribution in [1.82, 2.24) is 25.4 Å². The first-order valence-electron chi connectivity index (χ1n) is 9.80. The fourth-order valence-corrected chi connectivity index (χ4v) is 4.27. The van der Waals surface area contributed by atoms with E-state index in [1.165, 1.54) is 18.2 Å². The smallest absolute Gasteiger partial charge is 0.321 e. The number of urea groups is 1. The van der Waals surface area contributed by atoms with Gasteiger partial charge in [0.1, 0.15) is 0 Å². The Balaban J connectivity index is 1.56. The van der Waals surface area contributed by atoms with Gasteiger partial charge in [0, 0.05) is 18.2 Å². The molecule has 0 aliphatic heterocycles. The molecule has 2 N–H and O–H groups in total. The number of aromatic nitrogens is 3. The second kappa shape index (κ2) is 9.73. The van der Waals surface area contributed by atoms with Gasteiger partial charge in [-0.25, -0.2) is 4.79 Å². The van der Waals surface area contributed by atoms with Crippen LogP contribution in [0.15, 0.2) is 29.4 Å². The Morgan fingerprint density at radius 1 is 1.18 bits per heavy atom. The average molecular weight is 402 g/mol. The molecule has 0 unspecified atom stereocenters. The molecule has 0 atom stereocenters. The molecule has 1 aliphatic carbocycles. The third-order valence-electron chi connectivity index (χ3n) is 4.94. The normalized spacial score (nSPS) is 14.6. The lowest BCUT2D eigenvalue weighted by atomic mass is 9.96. The van der Waals surface area contributed by atoms with Gasteiger partial charge in [-0.15, -0.1) is 10.2 Å². The van der Waals surface area contributed by atoms with Gasteiger partial charge in [-0.05, 0) is 32.3 Å². The molecule has 0 bridgehead atoms. The number of aryl methyl sites for hydroxylation is 1. The van der Waals surface area contributed by atoms with Crippen LogP contribution in [0.25, 0.3) is 11.4 Å². The largest absolute Gasteiger partial charge is 0.335 e. The van der Waals surface area contributed by atoms with E-state index in [1.54, 1.807) is 0 Å². The molecule has 0 spiro atoms. The number of amides is 3. The third-order valence-corrected chi connectivity index (χ3v) is 5.91. The van der Waals surface area contributed by atoms with Crippen molar-refractivity contribution in [2.45, 2.75) is 63.7 Å². The lowest BCUT2D eigenvalue weighted by Gasteiger charge is -2.22. The highest BCUT2D eigenvalue weighted by molar-refractivity contribution is 7.99. The molecule has 2 aromatic rings. The lowest BCUT2D eigenvalue weighted by Crippen LogP contribution is -2.45. The van der Waals surface area contributed by atoms with E-state index in [2.05, 4.69) is 20.8 Å². The predicted molar refractivity (Wildman–Crippen MR) is 110 cm³/mol. The zero-order valence-corrected chi connectivity index (χ0v) is 17.2. The van der Waals surface area contributed by atoms with E-state index in [0.717, 1.165) is 42.6 Å². The fraction of sp³-hybridized carbons (Fsp3) is 0.500. The van der Waals surface area contributed by atoms with Crippen LogP contribution in [0.2, 0.25) is 0 Å². The number of nitrogens with one attached hydrogen (secondary N) is 2. The summed E-state index contributed by atoms with van der Waals surface area (Å²) >= 11 is 1.29. The topological polar surface area (TPSA) is 88.9 Å². The number of carbonyl (C=O) groups is 2. The SMILES string of the molecule is CCn1c(SCC(=O)NC(=O)NC2CCCCC2)nnc1-c1ccccc1C. The van der Waals surface area contributed by atoms with Crippen LogP contribution in [-0.4, -0.2) is 38.5 Å². The van der Waals surface area contributed by atoms with E-state index >= 15 is 0 Å². The molecule has 1 fully saturated rings. The fourth-order valence-electron chi connectivity index (χ4n) is 3.46. The Morgan fingerprint density at radius 3 is 2.64 bits per heavy atom. The molecule has 1 heterocycles. The van der Waals surface area contributed by atoms with Crippen LogP contribution in [0, 0.1) is 6.92 Å². The van der Waals surface area contributed by atoms with Gasteiger partial charge in [0.05, 0.1) is 5.75 Å². The first kappa shape index (κ1) is 20.4. The van der Waals surface area contributed by atoms with Gasteiger partial charge in [0.15, 0.2) is 11.0 Å². The van der Waals surface area contributed by atoms with Crippen molar-refractivity contribution in [1.29, 1.82) is 0 Å². The van der Waals surface area contributed by atoms with Gasteiger partial charge in [0.25, 0.3) is 0 Å². The average Bonchev–Trinajstić information content (AvgIpc) is 3.10. The molecule has 1 aromatic heterocycles. The molecule has 8 heteroatoms. The van der Waals surface area contributed by atoms with Gasteiger partial charge < -0.3 is 9.88 Å². The van der Waals surface area contributed by atoms with Crippen LogP contribution < -0.4 is 10.6 Å². The van der Waals surface area contributed by atoms with Crippen LogP contribution in [0.4, 0.5) is 4.79 Å². The number of rotatable bonds is 6. The Hall–Kier alpha value is -2.35. The molecule has 7 nitrogen and oxygen atoms in total. The summed E-state index contributed by atoms with van der Waals surface area (Å²) in [5, 5.41) is 14.5. The van der Waals surface area contributed by atoms with Crippen molar-refractivity contribution in [3.05, 3.63) is 29.8 Å². The van der Waals surface area contributed by atoms with Crippen molar-refractivity contribution in [2.75, 3.05) is 5.75 Å². The van der Waals surface area contributed by atoms with Gasteiger partial charge in [-0.2, -0.15) is 0 Å².